The van der Waals surface area contributed by atoms with Crippen molar-refractivity contribution in [2.75, 3.05) is 11.6 Å². The molecule has 20 heavy (non-hydrogen) atoms. The van der Waals surface area contributed by atoms with Gasteiger partial charge in [0.1, 0.15) is 12.1 Å². The molecule has 0 radical (unpaired) electrons. The first-order chi connectivity index (χ1) is 9.50. The van der Waals surface area contributed by atoms with Gasteiger partial charge < -0.3 is 19.7 Å². The van der Waals surface area contributed by atoms with E-state index in [1.165, 1.54) is 35.9 Å². The van der Waals surface area contributed by atoms with Gasteiger partial charge >= 0.3 is 5.97 Å². The normalized spacial score (nSPS) is 19.6. The van der Waals surface area contributed by atoms with Crippen LogP contribution in [0.15, 0.2) is 22.8 Å². The molecule has 0 bridgehead atoms. The van der Waals surface area contributed by atoms with E-state index in [0.717, 1.165) is 0 Å². The zero-order chi connectivity index (χ0) is 14.7. The van der Waals surface area contributed by atoms with Crippen LogP contribution in [0, 0.1) is 0 Å². The first-order valence-corrected chi connectivity index (χ1v) is 7.11. The van der Waals surface area contributed by atoms with Crippen molar-refractivity contribution in [3.8, 4) is 0 Å². The molecule has 0 aliphatic carbocycles. The molecule has 2 unspecified atom stereocenters. The Bertz CT molecular complexity index is 516. The molecule has 108 valence electrons. The Morgan fingerprint density at radius 3 is 2.90 bits per heavy atom. The maximum absolute atomic E-state index is 12.2. The van der Waals surface area contributed by atoms with Crippen LogP contribution in [0.25, 0.3) is 0 Å². The lowest BCUT2D eigenvalue weighted by Gasteiger charge is -2.24. The van der Waals surface area contributed by atoms with Gasteiger partial charge in [0.2, 0.25) is 5.91 Å². The van der Waals surface area contributed by atoms with Crippen molar-refractivity contribution < 1.29 is 23.9 Å². The molecule has 2 atom stereocenters. The maximum Gasteiger partial charge on any atom is 0.327 e. The van der Waals surface area contributed by atoms with Crippen LogP contribution >= 0.6 is 11.8 Å². The largest absolute Gasteiger partial charge is 0.480 e. The van der Waals surface area contributed by atoms with E-state index in [1.54, 1.807) is 6.07 Å². The summed E-state index contributed by atoms with van der Waals surface area (Å²) in [4.78, 5) is 36.2. The molecule has 1 aromatic heterocycles. The van der Waals surface area contributed by atoms with Crippen LogP contribution < -0.4 is 5.32 Å². The highest BCUT2D eigenvalue weighted by molar-refractivity contribution is 7.99. The smallest absolute Gasteiger partial charge is 0.327 e. The molecular weight excluding hydrogens is 284 g/mol. The Kier molecular flexibility index (Phi) is 4.33. The fourth-order valence-electron chi connectivity index (χ4n) is 1.85. The number of carbonyl (C=O) groups is 3. The Balaban J connectivity index is 1.98. The zero-order valence-electron chi connectivity index (χ0n) is 10.7. The highest BCUT2D eigenvalue weighted by atomic mass is 32.2. The minimum Gasteiger partial charge on any atom is -0.480 e. The molecular formula is C12H14N2O5S. The number of nitrogens with zero attached hydrogens (tertiary/aromatic N) is 1. The van der Waals surface area contributed by atoms with Gasteiger partial charge in [0.15, 0.2) is 5.76 Å². The molecule has 2 N–H and O–H groups in total. The summed E-state index contributed by atoms with van der Waals surface area (Å²) in [7, 11) is 0. The van der Waals surface area contributed by atoms with Crippen LogP contribution in [0.2, 0.25) is 0 Å². The summed E-state index contributed by atoms with van der Waals surface area (Å²) in [6, 6.07) is 1.40. The van der Waals surface area contributed by atoms with Gasteiger partial charge in [-0.15, -0.1) is 11.8 Å². The van der Waals surface area contributed by atoms with Gasteiger partial charge in [-0.25, -0.2) is 4.79 Å². The van der Waals surface area contributed by atoms with Crippen LogP contribution in [0.1, 0.15) is 17.5 Å². The fraction of sp³-hybridized carbons (Fsp3) is 0.417. The van der Waals surface area contributed by atoms with Crippen LogP contribution in [0.3, 0.4) is 0 Å². The van der Waals surface area contributed by atoms with E-state index in [1.807, 2.05) is 0 Å². The number of hydrogen-bond acceptors (Lipinski definition) is 5. The molecule has 1 aliphatic rings. The van der Waals surface area contributed by atoms with Crippen LogP contribution in [-0.2, 0) is 9.59 Å². The molecule has 0 spiro atoms. The third-order valence-corrected chi connectivity index (χ3v) is 3.93. The van der Waals surface area contributed by atoms with E-state index in [2.05, 4.69) is 5.32 Å². The fourth-order valence-corrected chi connectivity index (χ4v) is 3.01. The average molecular weight is 298 g/mol. The van der Waals surface area contributed by atoms with Crippen molar-refractivity contribution in [1.29, 1.82) is 0 Å². The number of nitrogens with one attached hydrogen (secondary N) is 1. The monoisotopic (exact) mass is 298 g/mol. The molecule has 1 saturated heterocycles. The lowest BCUT2D eigenvalue weighted by Crippen LogP contribution is -2.50. The summed E-state index contributed by atoms with van der Waals surface area (Å²) >= 11 is 1.37. The molecule has 2 rings (SSSR count). The predicted octanol–water partition coefficient (Wildman–Crippen LogP) is 0.384. The summed E-state index contributed by atoms with van der Waals surface area (Å²) in [6.45, 7) is 1.52. The minimum atomic E-state index is -1.03. The number of thioether (sulfide) groups is 1. The molecule has 7 nitrogen and oxygen atoms in total. The van der Waals surface area contributed by atoms with E-state index >= 15 is 0 Å². The highest BCUT2D eigenvalue weighted by Crippen LogP contribution is 2.21. The van der Waals surface area contributed by atoms with Crippen LogP contribution in [-0.4, -0.2) is 51.5 Å². The van der Waals surface area contributed by atoms with Crippen molar-refractivity contribution >= 4 is 29.5 Å². The molecule has 2 heterocycles. The minimum absolute atomic E-state index is 0.107. The summed E-state index contributed by atoms with van der Waals surface area (Å²) in [5.74, 6) is -1.17. The summed E-state index contributed by atoms with van der Waals surface area (Å²) < 4.78 is 4.93. The molecule has 0 aromatic carbocycles. The Morgan fingerprint density at radius 2 is 2.30 bits per heavy atom. The number of carboxylic acid groups (broad SMARTS) is 1. The van der Waals surface area contributed by atoms with Gasteiger partial charge in [0.05, 0.1) is 12.1 Å². The Morgan fingerprint density at radius 1 is 1.55 bits per heavy atom. The first kappa shape index (κ1) is 14.4. The number of amides is 2. The lowest BCUT2D eigenvalue weighted by atomic mass is 10.2. The Labute approximate surface area is 119 Å². The Hall–Kier alpha value is -1.96. The number of aliphatic carboxylic acids is 1. The maximum atomic E-state index is 12.2. The molecule has 1 aromatic rings. The van der Waals surface area contributed by atoms with Crippen LogP contribution in [0.5, 0.6) is 0 Å². The summed E-state index contributed by atoms with van der Waals surface area (Å²) in [5.41, 5.74) is 0. The van der Waals surface area contributed by atoms with E-state index < -0.39 is 29.9 Å². The van der Waals surface area contributed by atoms with Gasteiger partial charge in [-0.1, -0.05) is 0 Å². The SMILES string of the molecule is CC(NC(=O)c1ccco1)C(=O)N1CSCC1C(=O)O. The van der Waals surface area contributed by atoms with E-state index in [-0.39, 0.29) is 5.76 Å². The van der Waals surface area contributed by atoms with Crippen molar-refractivity contribution in [2.24, 2.45) is 0 Å². The van der Waals surface area contributed by atoms with Gasteiger partial charge in [0, 0.05) is 5.75 Å². The van der Waals surface area contributed by atoms with Gasteiger partial charge in [0.25, 0.3) is 5.91 Å². The van der Waals surface area contributed by atoms with Gasteiger partial charge in [-0.3, -0.25) is 9.59 Å². The first-order valence-electron chi connectivity index (χ1n) is 5.96. The van der Waals surface area contributed by atoms with Gasteiger partial charge in [-0.05, 0) is 19.1 Å². The quantitative estimate of drug-likeness (QED) is 0.834. The van der Waals surface area contributed by atoms with Crippen LogP contribution in [0.4, 0.5) is 0 Å². The number of carboxylic acids is 1. The summed E-state index contributed by atoms with van der Waals surface area (Å²) in [5, 5.41) is 11.5. The number of carbonyl (C=O) groups excluding carboxylic acids is 2. The second-order valence-electron chi connectivity index (χ2n) is 4.33. The second-order valence-corrected chi connectivity index (χ2v) is 5.33. The molecule has 1 fully saturated rings. The number of furan rings is 1. The average Bonchev–Trinajstić information content (AvgIpc) is 3.08. The van der Waals surface area contributed by atoms with E-state index in [9.17, 15) is 14.4 Å². The third-order valence-electron chi connectivity index (χ3n) is 2.91. The molecule has 8 heteroatoms. The number of hydrogen-bond donors (Lipinski definition) is 2. The second kappa shape index (κ2) is 6.00. The van der Waals surface area contributed by atoms with Crippen molar-refractivity contribution in [1.82, 2.24) is 10.2 Å². The zero-order valence-corrected chi connectivity index (χ0v) is 11.6. The summed E-state index contributed by atoms with van der Waals surface area (Å²) in [6.07, 6.45) is 1.36. The predicted molar refractivity (Wildman–Crippen MR) is 71.2 cm³/mol. The van der Waals surface area contributed by atoms with E-state index in [4.69, 9.17) is 9.52 Å². The van der Waals surface area contributed by atoms with Crippen molar-refractivity contribution in [3.63, 3.8) is 0 Å². The molecule has 1 aliphatic heterocycles. The van der Waals surface area contributed by atoms with Crippen molar-refractivity contribution in [3.05, 3.63) is 24.2 Å². The van der Waals surface area contributed by atoms with Crippen molar-refractivity contribution in [2.45, 2.75) is 19.0 Å². The topological polar surface area (TPSA) is 99.9 Å². The molecule has 2 amide bonds. The highest BCUT2D eigenvalue weighted by Gasteiger charge is 2.36. The number of rotatable bonds is 4. The third kappa shape index (κ3) is 2.96. The molecule has 0 saturated carbocycles. The lowest BCUT2D eigenvalue weighted by molar-refractivity contribution is -0.148. The van der Waals surface area contributed by atoms with Gasteiger partial charge in [-0.2, -0.15) is 0 Å². The van der Waals surface area contributed by atoms with E-state index in [0.29, 0.717) is 11.6 Å². The standard InChI is InChI=1S/C12H14N2O5S/c1-7(13-10(15)9-3-2-4-19-9)11(16)14-6-20-5-8(14)12(17)18/h2-4,7-8H,5-6H2,1H3,(H,13,15)(H,17,18).